The van der Waals surface area contributed by atoms with Crippen LogP contribution in [0.5, 0.6) is 0 Å². The Morgan fingerprint density at radius 2 is 1.86 bits per heavy atom. The van der Waals surface area contributed by atoms with Crippen LogP contribution in [0, 0.1) is 5.41 Å². The first kappa shape index (κ1) is 19.6. The average molecular weight is 406 g/mol. The zero-order valence-electron chi connectivity index (χ0n) is 16.2. The molecular formula is C24H24ClN3O. The van der Waals surface area contributed by atoms with Crippen LogP contribution in [0.2, 0.25) is 5.02 Å². The van der Waals surface area contributed by atoms with Gasteiger partial charge in [-0.25, -0.2) is 0 Å². The standard InChI is InChI=1S/C24H24ClN3O/c25-22-7-2-1-5-21(22)16-28-13-10-24(17-28,23(26)29)15-18-4-3-6-20(14-18)19-8-11-27-12-9-19/h1-9,11-12,14H,10,13,15-17H2,(H2,26,29). The van der Waals surface area contributed by atoms with Crippen molar-refractivity contribution in [2.45, 2.75) is 19.4 Å². The minimum Gasteiger partial charge on any atom is -0.369 e. The third-order valence-corrected chi connectivity index (χ3v) is 6.16. The number of carbonyl (C=O) groups excluding carboxylic acids is 1. The fourth-order valence-corrected chi connectivity index (χ4v) is 4.38. The molecule has 0 spiro atoms. The minimum absolute atomic E-state index is 0.228. The van der Waals surface area contributed by atoms with E-state index in [2.05, 4.69) is 28.1 Å². The first-order valence-electron chi connectivity index (χ1n) is 9.81. The molecule has 29 heavy (non-hydrogen) atoms. The molecule has 4 nitrogen and oxygen atoms in total. The molecule has 3 aromatic rings. The van der Waals surface area contributed by atoms with Crippen molar-refractivity contribution >= 4 is 17.5 Å². The van der Waals surface area contributed by atoms with Gasteiger partial charge in [-0.05, 0) is 59.8 Å². The number of carbonyl (C=O) groups is 1. The van der Waals surface area contributed by atoms with Crippen LogP contribution in [-0.4, -0.2) is 28.9 Å². The van der Waals surface area contributed by atoms with E-state index in [0.29, 0.717) is 13.0 Å². The van der Waals surface area contributed by atoms with E-state index >= 15 is 0 Å². The Kier molecular flexibility index (Phi) is 5.65. The van der Waals surface area contributed by atoms with Gasteiger partial charge in [0.25, 0.3) is 0 Å². The molecule has 1 amide bonds. The van der Waals surface area contributed by atoms with Gasteiger partial charge in [0.15, 0.2) is 0 Å². The summed E-state index contributed by atoms with van der Waals surface area (Å²) >= 11 is 6.32. The van der Waals surface area contributed by atoms with E-state index in [4.69, 9.17) is 17.3 Å². The van der Waals surface area contributed by atoms with Gasteiger partial charge in [0.05, 0.1) is 5.41 Å². The average Bonchev–Trinajstić information content (AvgIpc) is 3.14. The zero-order valence-corrected chi connectivity index (χ0v) is 17.0. The molecule has 1 saturated heterocycles. The number of aromatic nitrogens is 1. The lowest BCUT2D eigenvalue weighted by molar-refractivity contribution is -0.127. The molecule has 1 aliphatic heterocycles. The van der Waals surface area contributed by atoms with Gasteiger partial charge in [-0.1, -0.05) is 54.1 Å². The summed E-state index contributed by atoms with van der Waals surface area (Å²) in [6.07, 6.45) is 4.97. The highest BCUT2D eigenvalue weighted by atomic mass is 35.5. The molecule has 4 rings (SSSR count). The number of hydrogen-bond donors (Lipinski definition) is 1. The Balaban J connectivity index is 1.53. The molecule has 5 heteroatoms. The number of halogens is 1. The highest BCUT2D eigenvalue weighted by Gasteiger charge is 2.43. The SMILES string of the molecule is NC(=O)C1(Cc2cccc(-c3ccncc3)c2)CCN(Cc2ccccc2Cl)C1. The van der Waals surface area contributed by atoms with Crippen LogP contribution in [0.15, 0.2) is 73.1 Å². The van der Waals surface area contributed by atoms with Crippen molar-refractivity contribution in [2.24, 2.45) is 11.1 Å². The van der Waals surface area contributed by atoms with E-state index < -0.39 is 5.41 Å². The maximum atomic E-state index is 12.5. The van der Waals surface area contributed by atoms with Crippen molar-refractivity contribution in [3.63, 3.8) is 0 Å². The van der Waals surface area contributed by atoms with E-state index in [1.54, 1.807) is 12.4 Å². The Bertz CT molecular complexity index is 1010. The van der Waals surface area contributed by atoms with Crippen molar-refractivity contribution in [2.75, 3.05) is 13.1 Å². The number of pyridine rings is 1. The summed E-state index contributed by atoms with van der Waals surface area (Å²) in [5, 5.41) is 0.758. The number of benzene rings is 2. The number of nitrogens with zero attached hydrogens (tertiary/aromatic N) is 2. The normalized spacial score (nSPS) is 19.3. The molecule has 0 radical (unpaired) electrons. The Morgan fingerprint density at radius 3 is 2.62 bits per heavy atom. The van der Waals surface area contributed by atoms with Gasteiger partial charge in [0, 0.05) is 30.5 Å². The van der Waals surface area contributed by atoms with Gasteiger partial charge in [-0.15, -0.1) is 0 Å². The topological polar surface area (TPSA) is 59.2 Å². The van der Waals surface area contributed by atoms with Crippen LogP contribution < -0.4 is 5.73 Å². The van der Waals surface area contributed by atoms with Gasteiger partial charge in [0.2, 0.25) is 5.91 Å². The van der Waals surface area contributed by atoms with Gasteiger partial charge < -0.3 is 5.73 Å². The predicted octanol–water partition coefficient (Wildman–Crippen LogP) is 4.32. The van der Waals surface area contributed by atoms with Crippen LogP contribution in [0.1, 0.15) is 17.5 Å². The largest absolute Gasteiger partial charge is 0.369 e. The van der Waals surface area contributed by atoms with Crippen LogP contribution in [0.4, 0.5) is 0 Å². The molecule has 1 unspecified atom stereocenters. The quantitative estimate of drug-likeness (QED) is 0.664. The van der Waals surface area contributed by atoms with Crippen molar-refractivity contribution in [3.05, 3.63) is 89.2 Å². The second-order valence-electron chi connectivity index (χ2n) is 7.81. The molecule has 2 heterocycles. The van der Waals surface area contributed by atoms with Crippen LogP contribution in [0.3, 0.4) is 0 Å². The number of rotatable bonds is 6. The smallest absolute Gasteiger partial charge is 0.225 e. The Hall–Kier alpha value is -2.69. The second-order valence-corrected chi connectivity index (χ2v) is 8.22. The summed E-state index contributed by atoms with van der Waals surface area (Å²) in [4.78, 5) is 18.9. The number of hydrogen-bond acceptors (Lipinski definition) is 3. The third kappa shape index (κ3) is 4.34. The van der Waals surface area contributed by atoms with Gasteiger partial charge in [0.1, 0.15) is 0 Å². The van der Waals surface area contributed by atoms with Gasteiger partial charge in [-0.2, -0.15) is 0 Å². The fraction of sp³-hybridized carbons (Fsp3) is 0.250. The summed E-state index contributed by atoms with van der Waals surface area (Å²) in [5.41, 5.74) is 9.79. The van der Waals surface area contributed by atoms with Crippen LogP contribution in [0.25, 0.3) is 11.1 Å². The van der Waals surface area contributed by atoms with Crippen molar-refractivity contribution in [1.82, 2.24) is 9.88 Å². The number of likely N-dealkylation sites (tertiary alicyclic amines) is 1. The third-order valence-electron chi connectivity index (χ3n) is 5.79. The fourth-order valence-electron chi connectivity index (χ4n) is 4.19. The second kappa shape index (κ2) is 8.36. The van der Waals surface area contributed by atoms with E-state index in [9.17, 15) is 4.79 Å². The van der Waals surface area contributed by atoms with E-state index in [1.165, 1.54) is 0 Å². The summed E-state index contributed by atoms with van der Waals surface area (Å²) in [7, 11) is 0. The zero-order chi connectivity index (χ0) is 20.3. The lowest BCUT2D eigenvalue weighted by atomic mass is 9.79. The lowest BCUT2D eigenvalue weighted by Crippen LogP contribution is -2.41. The molecule has 1 aromatic heterocycles. The van der Waals surface area contributed by atoms with E-state index in [0.717, 1.165) is 46.8 Å². The summed E-state index contributed by atoms with van der Waals surface area (Å²) in [6.45, 7) is 2.21. The minimum atomic E-state index is -0.557. The maximum absolute atomic E-state index is 12.5. The van der Waals surface area contributed by atoms with Gasteiger partial charge >= 0.3 is 0 Å². The number of nitrogens with two attached hydrogens (primary N) is 1. The first-order valence-corrected chi connectivity index (χ1v) is 10.2. The molecular weight excluding hydrogens is 382 g/mol. The lowest BCUT2D eigenvalue weighted by Gasteiger charge is -2.26. The molecule has 1 atom stereocenters. The van der Waals surface area contributed by atoms with E-state index in [1.807, 2.05) is 42.5 Å². The first-order chi connectivity index (χ1) is 14.1. The molecule has 0 saturated carbocycles. The Labute approximate surface area is 176 Å². The molecule has 148 valence electrons. The van der Waals surface area contributed by atoms with Crippen LogP contribution in [-0.2, 0) is 17.8 Å². The maximum Gasteiger partial charge on any atom is 0.225 e. The summed E-state index contributed by atoms with van der Waals surface area (Å²) < 4.78 is 0. The molecule has 0 aliphatic carbocycles. The number of primary amides is 1. The molecule has 2 aromatic carbocycles. The number of amides is 1. The summed E-state index contributed by atoms with van der Waals surface area (Å²) in [6, 6.07) is 20.2. The van der Waals surface area contributed by atoms with Gasteiger partial charge in [-0.3, -0.25) is 14.7 Å². The van der Waals surface area contributed by atoms with Crippen LogP contribution >= 0.6 is 11.6 Å². The molecule has 0 bridgehead atoms. The molecule has 1 aliphatic rings. The van der Waals surface area contributed by atoms with Crippen molar-refractivity contribution in [3.8, 4) is 11.1 Å². The Morgan fingerprint density at radius 1 is 1.07 bits per heavy atom. The van der Waals surface area contributed by atoms with Crippen molar-refractivity contribution in [1.29, 1.82) is 0 Å². The summed E-state index contributed by atoms with van der Waals surface area (Å²) in [5.74, 6) is -0.228. The molecule has 2 N–H and O–H groups in total. The monoisotopic (exact) mass is 405 g/mol. The highest BCUT2D eigenvalue weighted by Crippen LogP contribution is 2.36. The predicted molar refractivity (Wildman–Crippen MR) is 116 cm³/mol. The van der Waals surface area contributed by atoms with Crippen molar-refractivity contribution < 1.29 is 4.79 Å². The highest BCUT2D eigenvalue weighted by molar-refractivity contribution is 6.31. The van der Waals surface area contributed by atoms with E-state index in [-0.39, 0.29) is 5.91 Å². The molecule has 1 fully saturated rings.